The van der Waals surface area contributed by atoms with Gasteiger partial charge < -0.3 is 10.0 Å². The third-order valence-corrected chi connectivity index (χ3v) is 3.21. The lowest BCUT2D eigenvalue weighted by Gasteiger charge is -2.23. The van der Waals surface area contributed by atoms with E-state index in [1.54, 1.807) is 0 Å². The molecular formula is C12H22N2O3. The van der Waals surface area contributed by atoms with Gasteiger partial charge in [-0.3, -0.25) is 14.5 Å². The molecule has 0 aromatic carbocycles. The van der Waals surface area contributed by atoms with E-state index in [4.69, 9.17) is 5.11 Å². The molecule has 1 N–H and O–H groups in total. The Labute approximate surface area is 102 Å². The van der Waals surface area contributed by atoms with Crippen molar-refractivity contribution in [1.82, 2.24) is 9.80 Å². The zero-order chi connectivity index (χ0) is 12.8. The maximum absolute atomic E-state index is 11.9. The Morgan fingerprint density at radius 1 is 1.41 bits per heavy atom. The first-order valence-electron chi connectivity index (χ1n) is 6.31. The fraction of sp³-hybridized carbons (Fsp3) is 0.833. The number of likely N-dealkylation sites (tertiary alicyclic amines) is 1. The van der Waals surface area contributed by atoms with E-state index in [0.717, 1.165) is 19.5 Å². The second-order valence-electron chi connectivity index (χ2n) is 4.53. The number of aliphatic carboxylic acids is 1. The van der Waals surface area contributed by atoms with Crippen molar-refractivity contribution >= 4 is 11.9 Å². The fourth-order valence-electron chi connectivity index (χ4n) is 2.20. The summed E-state index contributed by atoms with van der Waals surface area (Å²) in [5, 5.41) is 8.88. The highest BCUT2D eigenvalue weighted by Crippen LogP contribution is 2.16. The molecule has 0 aromatic heterocycles. The summed E-state index contributed by atoms with van der Waals surface area (Å²) in [7, 11) is 0. The molecule has 17 heavy (non-hydrogen) atoms. The number of amides is 1. The van der Waals surface area contributed by atoms with Crippen LogP contribution in [-0.2, 0) is 9.59 Å². The topological polar surface area (TPSA) is 60.9 Å². The van der Waals surface area contributed by atoms with Crippen molar-refractivity contribution in [2.24, 2.45) is 5.92 Å². The lowest BCUT2D eigenvalue weighted by molar-refractivity contribution is -0.141. The summed E-state index contributed by atoms with van der Waals surface area (Å²) in [6, 6.07) is 0. The summed E-state index contributed by atoms with van der Waals surface area (Å²) >= 11 is 0. The molecule has 5 heteroatoms. The van der Waals surface area contributed by atoms with E-state index in [0.29, 0.717) is 26.1 Å². The van der Waals surface area contributed by atoms with Crippen LogP contribution in [0.15, 0.2) is 0 Å². The summed E-state index contributed by atoms with van der Waals surface area (Å²) in [5.74, 6) is -0.940. The number of carboxylic acid groups (broad SMARTS) is 1. The van der Waals surface area contributed by atoms with Crippen LogP contribution >= 0.6 is 0 Å². The third kappa shape index (κ3) is 4.00. The Balaban J connectivity index is 2.39. The zero-order valence-corrected chi connectivity index (χ0v) is 10.7. The number of hydrogen-bond donors (Lipinski definition) is 1. The van der Waals surface area contributed by atoms with Crippen LogP contribution in [0.4, 0.5) is 0 Å². The molecule has 1 fully saturated rings. The first-order chi connectivity index (χ1) is 8.08. The molecular weight excluding hydrogens is 220 g/mol. The third-order valence-electron chi connectivity index (χ3n) is 3.21. The lowest BCUT2D eigenvalue weighted by atomic mass is 10.1. The van der Waals surface area contributed by atoms with Gasteiger partial charge in [0.15, 0.2) is 0 Å². The summed E-state index contributed by atoms with van der Waals surface area (Å²) in [6.07, 6.45) is 1.61. The monoisotopic (exact) mass is 242 g/mol. The van der Waals surface area contributed by atoms with Crippen molar-refractivity contribution in [1.29, 1.82) is 0 Å². The molecule has 1 aliphatic rings. The highest BCUT2D eigenvalue weighted by atomic mass is 16.4. The fourth-order valence-corrected chi connectivity index (χ4v) is 2.20. The Morgan fingerprint density at radius 3 is 2.59 bits per heavy atom. The average molecular weight is 242 g/mol. The summed E-state index contributed by atoms with van der Waals surface area (Å²) in [6.45, 7) is 7.10. The first-order valence-corrected chi connectivity index (χ1v) is 6.31. The SMILES string of the molecule is CCCN(CC)C(=O)CN1CCC(C(=O)O)C1. The number of carbonyl (C=O) groups is 2. The summed E-state index contributed by atoms with van der Waals surface area (Å²) in [5.41, 5.74) is 0. The molecule has 0 radical (unpaired) electrons. The number of carbonyl (C=O) groups excluding carboxylic acids is 1. The number of likely N-dealkylation sites (N-methyl/N-ethyl adjacent to an activating group) is 1. The van der Waals surface area contributed by atoms with Crippen molar-refractivity contribution < 1.29 is 14.7 Å². The van der Waals surface area contributed by atoms with Crippen molar-refractivity contribution in [3.8, 4) is 0 Å². The van der Waals surface area contributed by atoms with Crippen LogP contribution in [0.25, 0.3) is 0 Å². The first kappa shape index (κ1) is 14.0. The lowest BCUT2D eigenvalue weighted by Crippen LogP contribution is -2.40. The molecule has 98 valence electrons. The van der Waals surface area contributed by atoms with Gasteiger partial charge in [0.05, 0.1) is 12.5 Å². The quantitative estimate of drug-likeness (QED) is 0.743. The van der Waals surface area contributed by atoms with Crippen LogP contribution in [0.2, 0.25) is 0 Å². The van der Waals surface area contributed by atoms with Gasteiger partial charge in [0.25, 0.3) is 0 Å². The van der Waals surface area contributed by atoms with Crippen LogP contribution < -0.4 is 0 Å². The van der Waals surface area contributed by atoms with E-state index < -0.39 is 5.97 Å². The predicted octanol–water partition coefficient (Wildman–Crippen LogP) is 0.651. The standard InChI is InChI=1S/C12H22N2O3/c1-3-6-14(4-2)11(15)9-13-7-5-10(8-13)12(16)17/h10H,3-9H2,1-2H3,(H,16,17). The van der Waals surface area contributed by atoms with Gasteiger partial charge in [0.2, 0.25) is 5.91 Å². The summed E-state index contributed by atoms with van der Waals surface area (Å²) in [4.78, 5) is 26.5. The molecule has 1 rings (SSSR count). The highest BCUT2D eigenvalue weighted by Gasteiger charge is 2.29. The molecule has 0 spiro atoms. The van der Waals surface area contributed by atoms with Crippen molar-refractivity contribution in [2.45, 2.75) is 26.7 Å². The van der Waals surface area contributed by atoms with Gasteiger partial charge in [-0.2, -0.15) is 0 Å². The van der Waals surface area contributed by atoms with Gasteiger partial charge in [0, 0.05) is 19.6 Å². The molecule has 1 heterocycles. The maximum Gasteiger partial charge on any atom is 0.307 e. The Morgan fingerprint density at radius 2 is 2.12 bits per heavy atom. The molecule has 1 unspecified atom stereocenters. The van der Waals surface area contributed by atoms with E-state index in [1.165, 1.54) is 0 Å². The molecule has 1 amide bonds. The number of carboxylic acids is 1. The summed E-state index contributed by atoms with van der Waals surface area (Å²) < 4.78 is 0. The second kappa shape index (κ2) is 6.59. The molecule has 0 bridgehead atoms. The largest absolute Gasteiger partial charge is 0.481 e. The van der Waals surface area contributed by atoms with Crippen LogP contribution in [0.5, 0.6) is 0 Å². The molecule has 0 aliphatic carbocycles. The van der Waals surface area contributed by atoms with Crippen LogP contribution in [0, 0.1) is 5.92 Å². The zero-order valence-electron chi connectivity index (χ0n) is 10.7. The minimum Gasteiger partial charge on any atom is -0.481 e. The van der Waals surface area contributed by atoms with Gasteiger partial charge >= 0.3 is 5.97 Å². The van der Waals surface area contributed by atoms with Gasteiger partial charge in [-0.05, 0) is 26.3 Å². The predicted molar refractivity (Wildman–Crippen MR) is 64.7 cm³/mol. The molecule has 1 aliphatic heterocycles. The maximum atomic E-state index is 11.9. The minimum absolute atomic E-state index is 0.111. The van der Waals surface area contributed by atoms with Gasteiger partial charge in [-0.1, -0.05) is 6.92 Å². The van der Waals surface area contributed by atoms with Gasteiger partial charge in [-0.15, -0.1) is 0 Å². The van der Waals surface area contributed by atoms with Gasteiger partial charge in [0.1, 0.15) is 0 Å². The van der Waals surface area contributed by atoms with E-state index in [1.807, 2.05) is 23.6 Å². The van der Waals surface area contributed by atoms with E-state index in [9.17, 15) is 9.59 Å². The number of rotatable bonds is 6. The number of nitrogens with zero attached hydrogens (tertiary/aromatic N) is 2. The Bertz CT molecular complexity index is 281. The molecule has 5 nitrogen and oxygen atoms in total. The molecule has 0 saturated carbocycles. The highest BCUT2D eigenvalue weighted by molar-refractivity contribution is 5.78. The molecule has 1 saturated heterocycles. The van der Waals surface area contributed by atoms with Crippen LogP contribution in [0.1, 0.15) is 26.7 Å². The van der Waals surface area contributed by atoms with Gasteiger partial charge in [-0.25, -0.2) is 0 Å². The van der Waals surface area contributed by atoms with Crippen molar-refractivity contribution in [3.05, 3.63) is 0 Å². The Kier molecular flexibility index (Phi) is 5.41. The molecule has 1 atom stereocenters. The number of hydrogen-bond acceptors (Lipinski definition) is 3. The van der Waals surface area contributed by atoms with Crippen LogP contribution in [0.3, 0.4) is 0 Å². The van der Waals surface area contributed by atoms with E-state index in [2.05, 4.69) is 0 Å². The second-order valence-corrected chi connectivity index (χ2v) is 4.53. The van der Waals surface area contributed by atoms with Crippen LogP contribution in [-0.4, -0.2) is 59.5 Å². The van der Waals surface area contributed by atoms with Crippen molar-refractivity contribution in [2.75, 3.05) is 32.7 Å². The average Bonchev–Trinajstić information content (AvgIpc) is 2.74. The Hall–Kier alpha value is -1.10. The minimum atomic E-state index is -0.749. The van der Waals surface area contributed by atoms with E-state index in [-0.39, 0.29) is 11.8 Å². The van der Waals surface area contributed by atoms with E-state index >= 15 is 0 Å². The smallest absolute Gasteiger partial charge is 0.307 e. The van der Waals surface area contributed by atoms with Crippen molar-refractivity contribution in [3.63, 3.8) is 0 Å². The normalized spacial score (nSPS) is 20.5. The molecule has 0 aromatic rings.